The molecule has 2 aliphatic rings. The number of rotatable bonds is 18. The van der Waals surface area contributed by atoms with E-state index >= 15 is 0 Å². The molecule has 232 valence electrons. The maximum Gasteiger partial charge on any atom is 0.310 e. The van der Waals surface area contributed by atoms with Crippen molar-refractivity contribution in [1.82, 2.24) is 4.90 Å². The Morgan fingerprint density at radius 3 is 2.14 bits per heavy atom. The highest BCUT2D eigenvalue weighted by molar-refractivity contribution is 7.16. The first kappa shape index (κ1) is 32.5. The van der Waals surface area contributed by atoms with Gasteiger partial charge < -0.3 is 15.0 Å². The van der Waals surface area contributed by atoms with E-state index in [4.69, 9.17) is 9.73 Å². The number of benzene rings is 1. The third kappa shape index (κ3) is 10.7. The summed E-state index contributed by atoms with van der Waals surface area (Å²) in [5.41, 5.74) is 3.23. The molecule has 0 atom stereocenters. The van der Waals surface area contributed by atoms with Gasteiger partial charge in [0, 0.05) is 11.3 Å². The van der Waals surface area contributed by atoms with Crippen LogP contribution in [0.25, 0.3) is 0 Å². The van der Waals surface area contributed by atoms with Crippen LogP contribution < -0.4 is 10.2 Å². The predicted molar refractivity (Wildman–Crippen MR) is 178 cm³/mol. The Morgan fingerprint density at radius 1 is 0.905 bits per heavy atom. The second-order valence-electron chi connectivity index (χ2n) is 12.3. The van der Waals surface area contributed by atoms with E-state index in [1.807, 2.05) is 6.07 Å². The summed E-state index contributed by atoms with van der Waals surface area (Å²) >= 11 is 1.78. The standard InChI is InChI=1S/C35H54N4O2S/c1-3-4-5-6-7-8-9-10-11-12-13-14-15-16-17-22-33(40)41-28-38-23-25-39(26-24-38)34-30-27-29(2)42-35(30)37-32-21-19-18-20-31(32)36-34/h18-21,27,37H,3-17,22-26,28H2,1-2H3/p+1. The Labute approximate surface area is 258 Å². The van der Waals surface area contributed by atoms with Crippen molar-refractivity contribution < 1.29 is 14.4 Å². The fraction of sp³-hybridized carbons (Fsp3) is 0.657. The second kappa shape index (κ2) is 18.3. The topological polar surface area (TPSA) is 58.4 Å². The average Bonchev–Trinajstić information content (AvgIpc) is 3.29. The summed E-state index contributed by atoms with van der Waals surface area (Å²) in [5, 5.41) is 4.76. The van der Waals surface area contributed by atoms with Gasteiger partial charge in [0.15, 0.2) is 0 Å². The van der Waals surface area contributed by atoms with Crippen LogP contribution in [-0.2, 0) is 9.53 Å². The third-order valence-corrected chi connectivity index (χ3v) is 9.63. The lowest BCUT2D eigenvalue weighted by atomic mass is 10.0. The molecule has 0 bridgehead atoms. The molecule has 2 N–H and O–H groups in total. The number of hydrogen-bond acceptors (Lipinski definition) is 6. The van der Waals surface area contributed by atoms with Gasteiger partial charge >= 0.3 is 5.97 Å². The molecule has 6 nitrogen and oxygen atoms in total. The average molecular weight is 596 g/mol. The summed E-state index contributed by atoms with van der Waals surface area (Å²) in [6.07, 6.45) is 20.6. The van der Waals surface area contributed by atoms with Gasteiger partial charge in [0.2, 0.25) is 6.73 Å². The van der Waals surface area contributed by atoms with E-state index < -0.39 is 0 Å². The van der Waals surface area contributed by atoms with Crippen molar-refractivity contribution >= 4 is 39.5 Å². The Kier molecular flexibility index (Phi) is 14.2. The molecule has 4 rings (SSSR count). The molecule has 0 aliphatic carbocycles. The van der Waals surface area contributed by atoms with E-state index in [2.05, 4.69) is 48.3 Å². The van der Waals surface area contributed by atoms with Crippen LogP contribution >= 0.6 is 11.3 Å². The predicted octanol–water partition coefficient (Wildman–Crippen LogP) is 8.15. The van der Waals surface area contributed by atoms with Gasteiger partial charge in [-0.2, -0.15) is 0 Å². The van der Waals surface area contributed by atoms with E-state index in [-0.39, 0.29) is 5.97 Å². The number of hydrogen-bond donors (Lipinski definition) is 2. The van der Waals surface area contributed by atoms with E-state index in [1.54, 1.807) is 11.3 Å². The van der Waals surface area contributed by atoms with Crippen LogP contribution in [0.3, 0.4) is 0 Å². The minimum absolute atomic E-state index is 0.0335. The van der Waals surface area contributed by atoms with Crippen molar-refractivity contribution in [3.63, 3.8) is 0 Å². The van der Waals surface area contributed by atoms with Crippen LogP contribution in [0.15, 0.2) is 35.3 Å². The van der Waals surface area contributed by atoms with Crippen molar-refractivity contribution in [1.29, 1.82) is 0 Å². The van der Waals surface area contributed by atoms with Gasteiger partial charge in [-0.15, -0.1) is 11.3 Å². The summed E-state index contributed by atoms with van der Waals surface area (Å²) in [6.45, 7) is 8.61. The van der Waals surface area contributed by atoms with Crippen molar-refractivity contribution in [2.24, 2.45) is 4.99 Å². The third-order valence-electron chi connectivity index (χ3n) is 8.67. The molecular formula is C35H55N4O2S+. The highest BCUT2D eigenvalue weighted by Crippen LogP contribution is 2.39. The molecule has 0 radical (unpaired) electrons. The van der Waals surface area contributed by atoms with Gasteiger partial charge in [-0.25, -0.2) is 4.99 Å². The quantitative estimate of drug-likeness (QED) is 0.135. The number of nitrogens with zero attached hydrogens (tertiary/aromatic N) is 2. The molecule has 0 saturated carbocycles. The molecule has 1 aromatic carbocycles. The van der Waals surface area contributed by atoms with Crippen LogP contribution in [0.5, 0.6) is 0 Å². The summed E-state index contributed by atoms with van der Waals surface area (Å²) in [7, 11) is 0. The number of thiophene rings is 1. The van der Waals surface area contributed by atoms with E-state index in [0.29, 0.717) is 13.2 Å². The number of esters is 1. The molecule has 1 saturated heterocycles. The number of quaternary nitrogens is 1. The largest absolute Gasteiger partial charge is 0.415 e. The molecule has 2 aliphatic heterocycles. The van der Waals surface area contributed by atoms with Crippen LogP contribution in [0.1, 0.15) is 120 Å². The molecule has 7 heteroatoms. The SMILES string of the molecule is CCCCCCCCCCCCCCCCCC(=O)OC[NH+]1CCN(C2=Nc3ccccc3Nc3sc(C)cc32)CC1. The van der Waals surface area contributed by atoms with Crippen molar-refractivity contribution in [2.75, 3.05) is 38.2 Å². The Hall–Kier alpha value is -2.38. The second-order valence-corrected chi connectivity index (χ2v) is 13.5. The summed E-state index contributed by atoms with van der Waals surface area (Å²) < 4.78 is 5.67. The molecule has 0 unspecified atom stereocenters. The Balaban J connectivity index is 1.04. The first-order valence-electron chi connectivity index (χ1n) is 16.9. The minimum Gasteiger partial charge on any atom is -0.415 e. The van der Waals surface area contributed by atoms with Gasteiger partial charge in [-0.3, -0.25) is 9.69 Å². The monoisotopic (exact) mass is 595 g/mol. The molecule has 1 fully saturated rings. The first-order chi connectivity index (χ1) is 20.6. The van der Waals surface area contributed by atoms with Crippen LogP contribution in [0.2, 0.25) is 0 Å². The summed E-state index contributed by atoms with van der Waals surface area (Å²) in [5.74, 6) is 1.02. The van der Waals surface area contributed by atoms with Crippen molar-refractivity contribution in [3.05, 3.63) is 40.8 Å². The van der Waals surface area contributed by atoms with Gasteiger partial charge in [0.25, 0.3) is 0 Å². The Morgan fingerprint density at radius 2 is 1.50 bits per heavy atom. The zero-order chi connectivity index (χ0) is 29.4. The van der Waals surface area contributed by atoms with Gasteiger partial charge in [-0.05, 0) is 31.5 Å². The number of carbonyl (C=O) groups excluding carboxylic acids is 1. The molecule has 0 amide bonds. The molecule has 3 heterocycles. The molecular weight excluding hydrogens is 540 g/mol. The van der Waals surface area contributed by atoms with E-state index in [9.17, 15) is 4.79 Å². The zero-order valence-corrected chi connectivity index (χ0v) is 27.2. The van der Waals surface area contributed by atoms with Crippen LogP contribution in [-0.4, -0.2) is 49.6 Å². The van der Waals surface area contributed by atoms with E-state index in [1.165, 1.54) is 104 Å². The normalized spacial score (nSPS) is 15.0. The number of fused-ring (bicyclic) bond motifs is 2. The first-order valence-corrected chi connectivity index (χ1v) is 17.8. The van der Waals surface area contributed by atoms with Gasteiger partial charge in [0.1, 0.15) is 10.8 Å². The molecule has 1 aromatic heterocycles. The maximum atomic E-state index is 12.4. The van der Waals surface area contributed by atoms with Crippen molar-refractivity contribution in [3.8, 4) is 0 Å². The number of ether oxygens (including phenoxy) is 1. The number of anilines is 2. The Bertz CT molecular complexity index is 1110. The summed E-state index contributed by atoms with van der Waals surface area (Å²) in [4.78, 5) is 22.5. The lowest BCUT2D eigenvalue weighted by Gasteiger charge is -2.33. The van der Waals surface area contributed by atoms with Gasteiger partial charge in [0.05, 0.1) is 43.1 Å². The fourth-order valence-corrected chi connectivity index (χ4v) is 6.98. The smallest absolute Gasteiger partial charge is 0.310 e. The number of amidine groups is 1. The number of aryl methyl sites for hydroxylation is 1. The number of nitrogens with one attached hydrogen (secondary N) is 2. The maximum absolute atomic E-state index is 12.4. The van der Waals surface area contributed by atoms with Crippen LogP contribution in [0.4, 0.5) is 16.4 Å². The molecule has 42 heavy (non-hydrogen) atoms. The van der Waals surface area contributed by atoms with Gasteiger partial charge in [-0.1, -0.05) is 109 Å². The summed E-state index contributed by atoms with van der Waals surface area (Å²) in [6, 6.07) is 10.5. The van der Waals surface area contributed by atoms with E-state index in [0.717, 1.165) is 56.2 Å². The zero-order valence-electron chi connectivity index (χ0n) is 26.4. The number of piperazine rings is 1. The number of aliphatic imine (C=N–C) groups is 1. The number of unbranched alkanes of at least 4 members (excludes halogenated alkanes) is 14. The highest BCUT2D eigenvalue weighted by atomic mass is 32.1. The molecule has 0 spiro atoms. The fourth-order valence-electron chi connectivity index (χ4n) is 6.06. The molecule has 2 aromatic rings. The number of para-hydroxylation sites is 2. The highest BCUT2D eigenvalue weighted by Gasteiger charge is 2.28. The number of carbonyl (C=O) groups is 1. The minimum atomic E-state index is -0.0335. The lowest BCUT2D eigenvalue weighted by molar-refractivity contribution is -0.920. The lowest BCUT2D eigenvalue weighted by Crippen LogP contribution is -3.15. The van der Waals surface area contributed by atoms with Crippen LogP contribution in [0, 0.1) is 6.92 Å². The van der Waals surface area contributed by atoms with Crippen molar-refractivity contribution in [2.45, 2.75) is 117 Å².